The number of hydrogen-bond acceptors (Lipinski definition) is 2. The lowest BCUT2D eigenvalue weighted by atomic mass is 10.1. The molecule has 0 unspecified atom stereocenters. The van der Waals surface area contributed by atoms with Crippen LogP contribution in [0.5, 0.6) is 0 Å². The molecule has 0 aliphatic carbocycles. The number of hydrogen-bond donors (Lipinski definition) is 2. The summed E-state index contributed by atoms with van der Waals surface area (Å²) in [5.41, 5.74) is 12.4. The molecule has 0 saturated heterocycles. The Labute approximate surface area is 87.2 Å². The van der Waals surface area contributed by atoms with Crippen molar-refractivity contribution in [1.82, 2.24) is 0 Å². The fourth-order valence-electron chi connectivity index (χ4n) is 0.905. The average Bonchev–Trinajstić information content (AvgIpc) is 2.03. The van der Waals surface area contributed by atoms with Crippen molar-refractivity contribution >= 4 is 34.5 Å². The van der Waals surface area contributed by atoms with Crippen molar-refractivity contribution in [2.24, 2.45) is 11.5 Å². The smallest absolute Gasteiger partial charge is 0.0982 e. The van der Waals surface area contributed by atoms with Crippen molar-refractivity contribution in [3.63, 3.8) is 0 Å². The Kier molecular flexibility index (Phi) is 3.28. The molecule has 0 heterocycles. The molecule has 0 aliphatic rings. The summed E-state index contributed by atoms with van der Waals surface area (Å²) >= 11 is 10.5. The zero-order chi connectivity index (χ0) is 9.84. The quantitative estimate of drug-likeness (QED) is 0.582. The van der Waals surface area contributed by atoms with E-state index in [4.69, 9.17) is 35.3 Å². The van der Waals surface area contributed by atoms with Crippen LogP contribution < -0.4 is 11.5 Å². The predicted octanol–water partition coefficient (Wildman–Crippen LogP) is 1.93. The maximum absolute atomic E-state index is 5.78. The molecule has 1 rings (SSSR count). The Morgan fingerprint density at radius 2 is 2.08 bits per heavy atom. The fourth-order valence-corrected chi connectivity index (χ4v) is 1.22. The van der Waals surface area contributed by atoms with Gasteiger partial charge in [-0.15, -0.1) is 0 Å². The summed E-state index contributed by atoms with van der Waals surface area (Å²) in [6.07, 6.45) is 1.53. The maximum Gasteiger partial charge on any atom is 0.0982 e. The van der Waals surface area contributed by atoms with Crippen LogP contribution >= 0.6 is 23.8 Å². The molecule has 0 atom stereocenters. The Balaban J connectivity index is 3.02. The molecule has 0 saturated carbocycles. The van der Waals surface area contributed by atoms with E-state index in [9.17, 15) is 0 Å². The summed E-state index contributed by atoms with van der Waals surface area (Å²) < 4.78 is 0. The van der Waals surface area contributed by atoms with Gasteiger partial charge in [0.2, 0.25) is 0 Å². The fraction of sp³-hybridized carbons (Fsp3) is 0. The molecule has 0 aliphatic heterocycles. The monoisotopic (exact) mass is 212 g/mol. The second-order valence-corrected chi connectivity index (χ2v) is 3.42. The molecule has 13 heavy (non-hydrogen) atoms. The van der Waals surface area contributed by atoms with E-state index in [0.29, 0.717) is 10.7 Å². The van der Waals surface area contributed by atoms with Gasteiger partial charge in [0.25, 0.3) is 0 Å². The number of thiocarbonyl (C=S) groups is 1. The first-order chi connectivity index (χ1) is 6.09. The van der Waals surface area contributed by atoms with E-state index in [1.807, 2.05) is 12.1 Å². The van der Waals surface area contributed by atoms with Gasteiger partial charge in [0, 0.05) is 10.7 Å². The molecular formula is C9H9ClN2S. The summed E-state index contributed by atoms with van der Waals surface area (Å²) in [4.78, 5) is 0.262. The van der Waals surface area contributed by atoms with Crippen LogP contribution in [0.3, 0.4) is 0 Å². The Morgan fingerprint density at radius 3 is 2.62 bits per heavy atom. The first-order valence-electron chi connectivity index (χ1n) is 3.62. The van der Waals surface area contributed by atoms with Gasteiger partial charge in [-0.1, -0.05) is 36.0 Å². The van der Waals surface area contributed by atoms with Crippen molar-refractivity contribution in [2.45, 2.75) is 0 Å². The van der Waals surface area contributed by atoms with E-state index in [0.717, 1.165) is 5.56 Å². The van der Waals surface area contributed by atoms with Crippen LogP contribution in [-0.4, -0.2) is 4.99 Å². The normalized spacial score (nSPS) is 11.3. The van der Waals surface area contributed by atoms with E-state index in [1.165, 1.54) is 6.08 Å². The molecule has 0 aromatic heterocycles. The van der Waals surface area contributed by atoms with Crippen molar-refractivity contribution in [3.05, 3.63) is 40.9 Å². The average molecular weight is 213 g/mol. The van der Waals surface area contributed by atoms with Crippen molar-refractivity contribution in [1.29, 1.82) is 0 Å². The van der Waals surface area contributed by atoms with Crippen molar-refractivity contribution in [3.8, 4) is 0 Å². The number of benzene rings is 1. The minimum atomic E-state index is 0.262. The van der Waals surface area contributed by atoms with Gasteiger partial charge in [0.15, 0.2) is 0 Å². The second kappa shape index (κ2) is 4.25. The highest BCUT2D eigenvalue weighted by Crippen LogP contribution is 2.14. The molecule has 0 bridgehead atoms. The topological polar surface area (TPSA) is 52.0 Å². The van der Waals surface area contributed by atoms with Gasteiger partial charge < -0.3 is 11.5 Å². The van der Waals surface area contributed by atoms with Gasteiger partial charge in [-0.3, -0.25) is 0 Å². The van der Waals surface area contributed by atoms with Gasteiger partial charge in [0.05, 0.1) is 4.99 Å². The third-order valence-electron chi connectivity index (χ3n) is 1.46. The molecule has 0 radical (unpaired) electrons. The number of halogens is 1. The lowest BCUT2D eigenvalue weighted by Gasteiger charge is -2.01. The molecule has 2 nitrogen and oxygen atoms in total. The summed E-state index contributed by atoms with van der Waals surface area (Å²) in [5, 5.41) is 0.636. The van der Waals surface area contributed by atoms with Crippen LogP contribution in [0.4, 0.5) is 0 Å². The molecule has 0 amide bonds. The van der Waals surface area contributed by atoms with E-state index in [-0.39, 0.29) is 4.99 Å². The van der Waals surface area contributed by atoms with Crippen molar-refractivity contribution < 1.29 is 0 Å². The molecule has 68 valence electrons. The first-order valence-corrected chi connectivity index (χ1v) is 4.41. The van der Waals surface area contributed by atoms with E-state index >= 15 is 0 Å². The van der Waals surface area contributed by atoms with E-state index in [1.54, 1.807) is 12.1 Å². The second-order valence-electron chi connectivity index (χ2n) is 2.51. The first kappa shape index (κ1) is 10.0. The van der Waals surface area contributed by atoms with Crippen LogP contribution in [0.15, 0.2) is 30.3 Å². The Morgan fingerprint density at radius 1 is 1.38 bits per heavy atom. The van der Waals surface area contributed by atoms with Crippen molar-refractivity contribution in [2.75, 3.05) is 0 Å². The largest absolute Gasteiger partial charge is 0.398 e. The maximum atomic E-state index is 5.78. The van der Waals surface area contributed by atoms with Gasteiger partial charge in [0.1, 0.15) is 0 Å². The van der Waals surface area contributed by atoms with Gasteiger partial charge in [-0.05, 0) is 23.8 Å². The minimum Gasteiger partial charge on any atom is -0.398 e. The Hall–Kier alpha value is -1.06. The van der Waals surface area contributed by atoms with Gasteiger partial charge in [-0.2, -0.15) is 0 Å². The molecule has 4 N–H and O–H groups in total. The van der Waals surface area contributed by atoms with Crippen LogP contribution in [0.1, 0.15) is 5.56 Å². The highest BCUT2D eigenvalue weighted by molar-refractivity contribution is 7.80. The standard InChI is InChI=1S/C9H9ClN2S/c10-7-3-1-2-6(4-7)8(11)5-9(12)13/h1-5H,11H2,(H2,12,13). The van der Waals surface area contributed by atoms with Gasteiger partial charge in [-0.25, -0.2) is 0 Å². The zero-order valence-corrected chi connectivity index (χ0v) is 8.40. The van der Waals surface area contributed by atoms with E-state index < -0.39 is 0 Å². The SMILES string of the molecule is NC(=S)C=C(N)c1cccc(Cl)c1. The number of nitrogens with two attached hydrogens (primary N) is 2. The van der Waals surface area contributed by atoms with Crippen LogP contribution in [0.2, 0.25) is 5.02 Å². The molecule has 4 heteroatoms. The summed E-state index contributed by atoms with van der Waals surface area (Å²) in [7, 11) is 0. The predicted molar refractivity (Wildman–Crippen MR) is 60.4 cm³/mol. The third kappa shape index (κ3) is 3.05. The molecule has 0 fully saturated rings. The van der Waals surface area contributed by atoms with E-state index in [2.05, 4.69) is 0 Å². The lowest BCUT2D eigenvalue weighted by molar-refractivity contribution is 1.52. The Bertz CT molecular complexity index is 360. The van der Waals surface area contributed by atoms with Crippen LogP contribution in [0, 0.1) is 0 Å². The van der Waals surface area contributed by atoms with Gasteiger partial charge >= 0.3 is 0 Å². The summed E-state index contributed by atoms with van der Waals surface area (Å²) in [6.45, 7) is 0. The highest BCUT2D eigenvalue weighted by Gasteiger charge is 1.97. The zero-order valence-electron chi connectivity index (χ0n) is 6.83. The van der Waals surface area contributed by atoms with Crippen LogP contribution in [0.25, 0.3) is 5.70 Å². The third-order valence-corrected chi connectivity index (χ3v) is 1.81. The molecular weight excluding hydrogens is 204 g/mol. The highest BCUT2D eigenvalue weighted by atomic mass is 35.5. The molecule has 1 aromatic rings. The number of rotatable bonds is 2. The molecule has 1 aromatic carbocycles. The minimum absolute atomic E-state index is 0.262. The summed E-state index contributed by atoms with van der Waals surface area (Å²) in [5.74, 6) is 0. The molecule has 0 spiro atoms. The van der Waals surface area contributed by atoms with Crippen LogP contribution in [-0.2, 0) is 0 Å². The summed E-state index contributed by atoms with van der Waals surface area (Å²) in [6, 6.07) is 7.19. The lowest BCUT2D eigenvalue weighted by Crippen LogP contribution is -2.07.